The largest absolute Gasteiger partial charge is 0.364 e. The fourth-order valence-electron chi connectivity index (χ4n) is 3.25. The molecule has 0 bridgehead atoms. The molecule has 0 N–H and O–H groups in total. The molecule has 0 saturated carbocycles. The lowest BCUT2D eigenvalue weighted by Gasteiger charge is -2.44. The minimum absolute atomic E-state index is 0.102. The molecule has 0 radical (unpaired) electrons. The Labute approximate surface area is 139 Å². The lowest BCUT2D eigenvalue weighted by Crippen LogP contribution is -2.47. The molecule has 1 aromatic carbocycles. The van der Waals surface area contributed by atoms with E-state index in [2.05, 4.69) is 99.3 Å². The molecular formula is C21H37N. The van der Waals surface area contributed by atoms with E-state index in [4.69, 9.17) is 0 Å². The Morgan fingerprint density at radius 2 is 1.27 bits per heavy atom. The van der Waals surface area contributed by atoms with Crippen LogP contribution in [0.3, 0.4) is 0 Å². The van der Waals surface area contributed by atoms with Crippen LogP contribution in [-0.2, 0) is 10.8 Å². The molecule has 0 amide bonds. The van der Waals surface area contributed by atoms with Gasteiger partial charge < -0.3 is 4.90 Å². The molecule has 0 aromatic heterocycles. The highest BCUT2D eigenvalue weighted by molar-refractivity contribution is 5.61. The van der Waals surface area contributed by atoms with E-state index in [-0.39, 0.29) is 16.4 Å². The van der Waals surface area contributed by atoms with Crippen LogP contribution >= 0.6 is 0 Å². The predicted molar refractivity (Wildman–Crippen MR) is 101 cm³/mol. The lowest BCUT2D eigenvalue weighted by atomic mass is 9.80. The monoisotopic (exact) mass is 303 g/mol. The second kappa shape index (κ2) is 5.91. The van der Waals surface area contributed by atoms with Crippen molar-refractivity contribution in [3.63, 3.8) is 0 Å². The first-order valence-corrected chi connectivity index (χ1v) is 8.60. The maximum atomic E-state index is 2.57. The van der Waals surface area contributed by atoms with Crippen LogP contribution in [0.1, 0.15) is 87.3 Å². The Morgan fingerprint density at radius 3 is 1.59 bits per heavy atom. The molecular weight excluding hydrogens is 266 g/mol. The highest BCUT2D eigenvalue weighted by Gasteiger charge is 2.30. The lowest BCUT2D eigenvalue weighted by molar-refractivity contribution is 0.457. The Hall–Kier alpha value is -0.980. The van der Waals surface area contributed by atoms with E-state index in [1.807, 2.05) is 0 Å². The third-order valence-corrected chi connectivity index (χ3v) is 4.17. The summed E-state index contributed by atoms with van der Waals surface area (Å²) in [7, 11) is 0. The van der Waals surface area contributed by atoms with Crippen LogP contribution < -0.4 is 4.90 Å². The molecule has 1 aromatic rings. The molecule has 0 aliphatic rings. The second-order valence-corrected chi connectivity index (χ2v) is 9.87. The quantitative estimate of drug-likeness (QED) is 0.620. The summed E-state index contributed by atoms with van der Waals surface area (Å²) in [6.45, 7) is 25.3. The van der Waals surface area contributed by atoms with Gasteiger partial charge >= 0.3 is 0 Å². The standard InChI is InChI=1S/C21H37N/c1-15(2)22(21(9,10)11)18-14-16(19(3,4)5)12-13-17(18)20(6,7)8/h12-15H,1-11H3. The van der Waals surface area contributed by atoms with Crippen molar-refractivity contribution in [2.75, 3.05) is 4.90 Å². The van der Waals surface area contributed by atoms with Crippen LogP contribution in [0.25, 0.3) is 0 Å². The smallest absolute Gasteiger partial charge is 0.0413 e. The first-order valence-electron chi connectivity index (χ1n) is 8.60. The SMILES string of the molecule is CC(C)N(c1cc(C(C)(C)C)ccc1C(C)(C)C)C(C)(C)C. The van der Waals surface area contributed by atoms with E-state index in [9.17, 15) is 0 Å². The summed E-state index contributed by atoms with van der Waals surface area (Å²) in [5.41, 5.74) is 4.65. The minimum atomic E-state index is 0.102. The van der Waals surface area contributed by atoms with Crippen LogP contribution in [0.5, 0.6) is 0 Å². The molecule has 0 aliphatic carbocycles. The van der Waals surface area contributed by atoms with Gasteiger partial charge in [-0.05, 0) is 62.6 Å². The van der Waals surface area contributed by atoms with Gasteiger partial charge in [-0.3, -0.25) is 0 Å². The first kappa shape index (κ1) is 19.1. The Morgan fingerprint density at radius 1 is 0.773 bits per heavy atom. The summed E-state index contributed by atoms with van der Waals surface area (Å²) in [5, 5.41) is 0. The summed E-state index contributed by atoms with van der Waals surface area (Å²) in [5.74, 6) is 0. The van der Waals surface area contributed by atoms with Crippen LogP contribution in [-0.4, -0.2) is 11.6 Å². The van der Waals surface area contributed by atoms with Crippen molar-refractivity contribution in [1.29, 1.82) is 0 Å². The second-order valence-electron chi connectivity index (χ2n) is 9.87. The molecule has 0 unspecified atom stereocenters. The maximum absolute atomic E-state index is 2.57. The Balaban J connectivity index is 3.65. The van der Waals surface area contributed by atoms with Crippen LogP contribution in [0.15, 0.2) is 18.2 Å². The zero-order valence-electron chi connectivity index (χ0n) is 16.8. The van der Waals surface area contributed by atoms with E-state index in [1.54, 1.807) is 0 Å². The van der Waals surface area contributed by atoms with Crippen molar-refractivity contribution >= 4 is 5.69 Å². The van der Waals surface area contributed by atoms with Gasteiger partial charge in [0.15, 0.2) is 0 Å². The van der Waals surface area contributed by atoms with E-state index < -0.39 is 0 Å². The zero-order valence-corrected chi connectivity index (χ0v) is 16.8. The van der Waals surface area contributed by atoms with Crippen molar-refractivity contribution in [3.8, 4) is 0 Å². The van der Waals surface area contributed by atoms with Crippen molar-refractivity contribution < 1.29 is 0 Å². The van der Waals surface area contributed by atoms with E-state index in [0.29, 0.717) is 6.04 Å². The summed E-state index contributed by atoms with van der Waals surface area (Å²) < 4.78 is 0. The molecule has 126 valence electrons. The van der Waals surface area contributed by atoms with Crippen molar-refractivity contribution in [3.05, 3.63) is 29.3 Å². The maximum Gasteiger partial charge on any atom is 0.0413 e. The highest BCUT2D eigenvalue weighted by atomic mass is 15.2. The molecule has 1 nitrogen and oxygen atoms in total. The van der Waals surface area contributed by atoms with Crippen molar-refractivity contribution in [2.24, 2.45) is 0 Å². The van der Waals surface area contributed by atoms with E-state index >= 15 is 0 Å². The predicted octanol–water partition coefficient (Wildman–Crippen LogP) is 6.29. The fourth-order valence-corrected chi connectivity index (χ4v) is 3.25. The summed E-state index contributed by atoms with van der Waals surface area (Å²) in [4.78, 5) is 2.57. The Kier molecular flexibility index (Phi) is 5.12. The third kappa shape index (κ3) is 4.27. The third-order valence-electron chi connectivity index (χ3n) is 4.17. The van der Waals surface area contributed by atoms with Gasteiger partial charge in [-0.1, -0.05) is 53.7 Å². The average molecular weight is 304 g/mol. The fraction of sp³-hybridized carbons (Fsp3) is 0.714. The van der Waals surface area contributed by atoms with Gasteiger partial charge in [0.05, 0.1) is 0 Å². The van der Waals surface area contributed by atoms with Gasteiger partial charge in [-0.2, -0.15) is 0 Å². The van der Waals surface area contributed by atoms with Crippen LogP contribution in [0.4, 0.5) is 5.69 Å². The molecule has 1 heteroatoms. The van der Waals surface area contributed by atoms with E-state index in [0.717, 1.165) is 0 Å². The zero-order chi connectivity index (χ0) is 17.5. The number of benzene rings is 1. The molecule has 0 fully saturated rings. The van der Waals surface area contributed by atoms with Gasteiger partial charge in [0.25, 0.3) is 0 Å². The van der Waals surface area contributed by atoms with Gasteiger partial charge in [-0.25, -0.2) is 0 Å². The molecule has 0 spiro atoms. The summed E-state index contributed by atoms with van der Waals surface area (Å²) >= 11 is 0. The average Bonchev–Trinajstić information content (AvgIpc) is 2.23. The van der Waals surface area contributed by atoms with Crippen molar-refractivity contribution in [2.45, 2.75) is 98.6 Å². The van der Waals surface area contributed by atoms with Gasteiger partial charge in [0.1, 0.15) is 0 Å². The van der Waals surface area contributed by atoms with Gasteiger partial charge in [0, 0.05) is 17.3 Å². The molecule has 0 aliphatic heterocycles. The summed E-state index contributed by atoms with van der Waals surface area (Å²) in [6, 6.07) is 7.55. The number of hydrogen-bond donors (Lipinski definition) is 0. The molecule has 22 heavy (non-hydrogen) atoms. The number of hydrogen-bond acceptors (Lipinski definition) is 1. The van der Waals surface area contributed by atoms with Gasteiger partial charge in [-0.15, -0.1) is 0 Å². The normalized spacial score (nSPS) is 13.6. The highest BCUT2D eigenvalue weighted by Crippen LogP contribution is 2.39. The van der Waals surface area contributed by atoms with Crippen molar-refractivity contribution in [1.82, 2.24) is 0 Å². The first-order chi connectivity index (χ1) is 9.65. The van der Waals surface area contributed by atoms with Gasteiger partial charge in [0.2, 0.25) is 0 Å². The summed E-state index contributed by atoms with van der Waals surface area (Å²) in [6.07, 6.45) is 0. The molecule has 0 atom stereocenters. The topological polar surface area (TPSA) is 3.24 Å². The van der Waals surface area contributed by atoms with E-state index in [1.165, 1.54) is 16.8 Å². The molecule has 0 heterocycles. The molecule has 1 rings (SSSR count). The van der Waals surface area contributed by atoms with Crippen LogP contribution in [0, 0.1) is 0 Å². The number of nitrogens with zero attached hydrogens (tertiary/aromatic N) is 1. The molecule has 0 saturated heterocycles. The number of rotatable bonds is 2. The minimum Gasteiger partial charge on any atom is -0.364 e. The van der Waals surface area contributed by atoms with Crippen LogP contribution in [0.2, 0.25) is 0 Å². The number of anilines is 1. The Bertz CT molecular complexity index is 504.